The third kappa shape index (κ3) is 5.86. The van der Waals surface area contributed by atoms with E-state index in [1.165, 1.54) is 37.8 Å². The molecule has 1 amide bonds. The number of nitrogens with one attached hydrogen (secondary N) is 2. The maximum atomic E-state index is 12.5. The summed E-state index contributed by atoms with van der Waals surface area (Å²) in [5, 5.41) is 10.2. The van der Waals surface area contributed by atoms with Gasteiger partial charge in [0.05, 0.1) is 7.11 Å². The molecule has 7 nitrogen and oxygen atoms in total. The molecule has 1 aliphatic carbocycles. The van der Waals surface area contributed by atoms with Crippen LogP contribution < -0.4 is 15.0 Å². The molecule has 1 heterocycles. The Morgan fingerprint density at radius 2 is 1.85 bits per heavy atom. The Morgan fingerprint density at radius 3 is 2.53 bits per heavy atom. The Hall–Kier alpha value is -3.13. The number of aromatic nitrogens is 3. The van der Waals surface area contributed by atoms with Crippen LogP contribution in [0, 0.1) is 4.77 Å². The molecular formula is C26H33N5O2S. The zero-order valence-corrected chi connectivity index (χ0v) is 20.7. The minimum absolute atomic E-state index is 0.0211. The van der Waals surface area contributed by atoms with Gasteiger partial charge in [0, 0.05) is 43.9 Å². The van der Waals surface area contributed by atoms with Gasteiger partial charge in [-0.05, 0) is 67.0 Å². The van der Waals surface area contributed by atoms with Crippen molar-refractivity contribution in [3.05, 3.63) is 58.9 Å². The van der Waals surface area contributed by atoms with Gasteiger partial charge in [-0.3, -0.25) is 14.5 Å². The van der Waals surface area contributed by atoms with Crippen molar-refractivity contribution < 1.29 is 9.53 Å². The summed E-state index contributed by atoms with van der Waals surface area (Å²) in [5.41, 5.74) is 3.24. The standard InChI is InChI=1S/C26H33N5O2S/c1-30(21-6-4-3-5-7-21)22-12-8-19(9-13-22)18-27-24(32)16-17-31-25(28-29-26(31)34)20-10-14-23(33-2)15-11-20/h8-15,21H,3-7,16-18H2,1-2H3,(H,27,32)(H,29,34). The van der Waals surface area contributed by atoms with Crippen LogP contribution >= 0.6 is 12.2 Å². The lowest BCUT2D eigenvalue weighted by Crippen LogP contribution is -2.33. The number of rotatable bonds is 9. The zero-order valence-electron chi connectivity index (χ0n) is 19.9. The SMILES string of the molecule is COc1ccc(-c2n[nH]c(=S)n2CCC(=O)NCc2ccc(N(C)C3CCCCC3)cc2)cc1. The van der Waals surface area contributed by atoms with Crippen molar-refractivity contribution in [3.63, 3.8) is 0 Å². The first-order valence-electron chi connectivity index (χ1n) is 11.9. The van der Waals surface area contributed by atoms with E-state index in [0.29, 0.717) is 36.1 Å². The fourth-order valence-corrected chi connectivity index (χ4v) is 4.74. The molecule has 0 aliphatic heterocycles. The Kier molecular flexibility index (Phi) is 8.00. The van der Waals surface area contributed by atoms with Gasteiger partial charge >= 0.3 is 0 Å². The van der Waals surface area contributed by atoms with E-state index in [1.807, 2.05) is 28.8 Å². The number of carbonyl (C=O) groups is 1. The van der Waals surface area contributed by atoms with Gasteiger partial charge in [-0.2, -0.15) is 5.10 Å². The third-order valence-corrected chi connectivity index (χ3v) is 6.94. The van der Waals surface area contributed by atoms with E-state index in [2.05, 4.69) is 51.7 Å². The number of methoxy groups -OCH3 is 1. The van der Waals surface area contributed by atoms with Gasteiger partial charge < -0.3 is 15.0 Å². The molecule has 0 radical (unpaired) electrons. The van der Waals surface area contributed by atoms with Crippen LogP contribution in [0.15, 0.2) is 48.5 Å². The zero-order chi connectivity index (χ0) is 23.9. The number of ether oxygens (including phenoxy) is 1. The average molecular weight is 480 g/mol. The summed E-state index contributed by atoms with van der Waals surface area (Å²) < 4.78 is 7.57. The number of amides is 1. The highest BCUT2D eigenvalue weighted by atomic mass is 32.1. The number of anilines is 1. The van der Waals surface area contributed by atoms with Crippen LogP contribution in [0.2, 0.25) is 0 Å². The first-order chi connectivity index (χ1) is 16.5. The van der Waals surface area contributed by atoms with Gasteiger partial charge in [0.2, 0.25) is 5.91 Å². The highest BCUT2D eigenvalue weighted by Crippen LogP contribution is 2.26. The lowest BCUT2D eigenvalue weighted by molar-refractivity contribution is -0.121. The molecule has 1 aromatic heterocycles. The maximum absolute atomic E-state index is 12.5. The molecule has 3 aromatic rings. The summed E-state index contributed by atoms with van der Waals surface area (Å²) in [4.78, 5) is 14.9. The Balaban J connectivity index is 1.29. The molecule has 1 aliphatic rings. The molecule has 0 saturated heterocycles. The number of nitrogens with zero attached hydrogens (tertiary/aromatic N) is 3. The maximum Gasteiger partial charge on any atom is 0.222 e. The minimum atomic E-state index is -0.0211. The third-order valence-electron chi connectivity index (χ3n) is 6.62. The van der Waals surface area contributed by atoms with E-state index in [9.17, 15) is 4.79 Å². The second-order valence-electron chi connectivity index (χ2n) is 8.83. The summed E-state index contributed by atoms with van der Waals surface area (Å²) in [6.45, 7) is 0.960. The van der Waals surface area contributed by atoms with Crippen LogP contribution in [0.25, 0.3) is 11.4 Å². The fourth-order valence-electron chi connectivity index (χ4n) is 4.52. The van der Waals surface area contributed by atoms with Gasteiger partial charge in [0.1, 0.15) is 5.75 Å². The van der Waals surface area contributed by atoms with Gasteiger partial charge in [-0.15, -0.1) is 0 Å². The smallest absolute Gasteiger partial charge is 0.222 e. The van der Waals surface area contributed by atoms with E-state index in [-0.39, 0.29) is 5.91 Å². The number of H-pyrrole nitrogens is 1. The highest BCUT2D eigenvalue weighted by molar-refractivity contribution is 7.71. The molecule has 2 aromatic carbocycles. The van der Waals surface area contributed by atoms with Crippen LogP contribution in [0.3, 0.4) is 0 Å². The molecular weight excluding hydrogens is 446 g/mol. The molecule has 0 bridgehead atoms. The van der Waals surface area contributed by atoms with Crippen LogP contribution in [0.5, 0.6) is 5.75 Å². The van der Waals surface area contributed by atoms with Gasteiger partial charge in [0.15, 0.2) is 10.6 Å². The monoisotopic (exact) mass is 479 g/mol. The van der Waals surface area contributed by atoms with Crippen molar-refractivity contribution in [2.45, 2.75) is 57.7 Å². The summed E-state index contributed by atoms with van der Waals surface area (Å²) in [6, 6.07) is 16.8. The molecule has 34 heavy (non-hydrogen) atoms. The highest BCUT2D eigenvalue weighted by Gasteiger charge is 2.18. The van der Waals surface area contributed by atoms with Crippen molar-refractivity contribution in [2.24, 2.45) is 0 Å². The van der Waals surface area contributed by atoms with E-state index in [0.717, 1.165) is 16.9 Å². The molecule has 0 spiro atoms. The van der Waals surface area contributed by atoms with Crippen LogP contribution in [-0.2, 0) is 17.9 Å². The lowest BCUT2D eigenvalue weighted by Gasteiger charge is -2.33. The summed E-state index contributed by atoms with van der Waals surface area (Å²) in [5.74, 6) is 1.46. The van der Waals surface area contributed by atoms with E-state index in [4.69, 9.17) is 17.0 Å². The quantitative estimate of drug-likeness (QED) is 0.418. The molecule has 2 N–H and O–H groups in total. The predicted molar refractivity (Wildman–Crippen MR) is 138 cm³/mol. The summed E-state index contributed by atoms with van der Waals surface area (Å²) in [7, 11) is 3.82. The predicted octanol–water partition coefficient (Wildman–Crippen LogP) is 5.09. The van der Waals surface area contributed by atoms with E-state index < -0.39 is 0 Å². The number of aromatic amines is 1. The Morgan fingerprint density at radius 1 is 1.15 bits per heavy atom. The Bertz CT molecular complexity index is 1130. The topological polar surface area (TPSA) is 75.2 Å². The second kappa shape index (κ2) is 11.3. The van der Waals surface area contributed by atoms with Gasteiger partial charge in [0.25, 0.3) is 0 Å². The van der Waals surface area contributed by atoms with Crippen molar-refractivity contribution in [3.8, 4) is 17.1 Å². The lowest BCUT2D eigenvalue weighted by atomic mass is 9.94. The van der Waals surface area contributed by atoms with Gasteiger partial charge in [-0.25, -0.2) is 0 Å². The number of hydrogen-bond acceptors (Lipinski definition) is 5. The molecule has 0 atom stereocenters. The molecule has 1 fully saturated rings. The molecule has 1 saturated carbocycles. The van der Waals surface area contributed by atoms with Crippen LogP contribution in [-0.4, -0.2) is 40.9 Å². The van der Waals surface area contributed by atoms with Crippen molar-refractivity contribution in [1.82, 2.24) is 20.1 Å². The summed E-state index contributed by atoms with van der Waals surface area (Å²) in [6.07, 6.45) is 6.87. The molecule has 4 rings (SSSR count). The van der Waals surface area contributed by atoms with Crippen molar-refractivity contribution in [2.75, 3.05) is 19.1 Å². The molecule has 180 valence electrons. The molecule has 0 unspecified atom stereocenters. The summed E-state index contributed by atoms with van der Waals surface area (Å²) >= 11 is 5.38. The second-order valence-corrected chi connectivity index (χ2v) is 9.22. The van der Waals surface area contributed by atoms with Crippen LogP contribution in [0.4, 0.5) is 5.69 Å². The minimum Gasteiger partial charge on any atom is -0.497 e. The van der Waals surface area contributed by atoms with E-state index >= 15 is 0 Å². The van der Waals surface area contributed by atoms with E-state index in [1.54, 1.807) is 7.11 Å². The largest absolute Gasteiger partial charge is 0.497 e. The molecule has 8 heteroatoms. The van der Waals surface area contributed by atoms with Crippen molar-refractivity contribution in [1.29, 1.82) is 0 Å². The Labute approximate surface area is 206 Å². The normalized spacial score (nSPS) is 14.1. The van der Waals surface area contributed by atoms with Crippen molar-refractivity contribution >= 4 is 23.8 Å². The van der Waals surface area contributed by atoms with Gasteiger partial charge in [-0.1, -0.05) is 31.4 Å². The first kappa shape index (κ1) is 24.0. The first-order valence-corrected chi connectivity index (χ1v) is 12.3. The number of carbonyl (C=O) groups excluding carboxylic acids is 1. The van der Waals surface area contributed by atoms with Crippen LogP contribution in [0.1, 0.15) is 44.1 Å². The number of benzene rings is 2. The number of hydrogen-bond donors (Lipinski definition) is 2. The fraction of sp³-hybridized carbons (Fsp3) is 0.423. The average Bonchev–Trinajstić information content (AvgIpc) is 3.26.